The summed E-state index contributed by atoms with van der Waals surface area (Å²) in [4.78, 5) is 24.1. The number of rotatable bonds is 5. The summed E-state index contributed by atoms with van der Waals surface area (Å²) in [7, 11) is 1.61. The summed E-state index contributed by atoms with van der Waals surface area (Å²) in [6.45, 7) is 1.95. The molecule has 0 aliphatic heterocycles. The van der Waals surface area contributed by atoms with E-state index in [0.29, 0.717) is 5.56 Å². The largest absolute Gasteiger partial charge is 0.450 e. The first-order valence-electron chi connectivity index (χ1n) is 6.53. The molecule has 0 heterocycles. The van der Waals surface area contributed by atoms with E-state index in [-0.39, 0.29) is 19.7 Å². The molecule has 8 heteroatoms. The number of nitrogens with zero attached hydrogens (tertiary/aromatic N) is 1. The fraction of sp³-hybridized carbons (Fsp3) is 0.429. The summed E-state index contributed by atoms with van der Waals surface area (Å²) in [6, 6.07) is 4.68. The van der Waals surface area contributed by atoms with Gasteiger partial charge in [-0.25, -0.2) is 4.79 Å². The maximum Gasteiger partial charge on any atom is 0.416 e. The smallest absolute Gasteiger partial charge is 0.416 e. The predicted octanol–water partition coefficient (Wildman–Crippen LogP) is 2.41. The average Bonchev–Trinajstić information content (AvgIpc) is 2.37. The van der Waals surface area contributed by atoms with Gasteiger partial charge in [0.1, 0.15) is 0 Å². The van der Waals surface area contributed by atoms with Gasteiger partial charge in [0.25, 0.3) is 0 Å². The van der Waals surface area contributed by atoms with Crippen molar-refractivity contribution in [1.82, 2.24) is 10.2 Å². The van der Waals surface area contributed by atoms with E-state index in [9.17, 15) is 22.8 Å². The summed E-state index contributed by atoms with van der Waals surface area (Å²) >= 11 is 0. The van der Waals surface area contributed by atoms with Crippen molar-refractivity contribution >= 4 is 12.0 Å². The van der Waals surface area contributed by atoms with E-state index < -0.39 is 23.7 Å². The van der Waals surface area contributed by atoms with Crippen LogP contribution < -0.4 is 5.32 Å². The monoisotopic (exact) mass is 318 g/mol. The second-order valence-corrected chi connectivity index (χ2v) is 4.64. The van der Waals surface area contributed by atoms with Crippen LogP contribution in [0.1, 0.15) is 18.1 Å². The maximum absolute atomic E-state index is 12.4. The van der Waals surface area contributed by atoms with E-state index in [1.165, 1.54) is 12.1 Å². The summed E-state index contributed by atoms with van der Waals surface area (Å²) in [5.41, 5.74) is -0.0987. The molecule has 0 radical (unpaired) electrons. The van der Waals surface area contributed by atoms with Crippen LogP contribution >= 0.6 is 0 Å². The molecule has 0 saturated heterocycles. The molecule has 0 fully saturated rings. The average molecular weight is 318 g/mol. The van der Waals surface area contributed by atoms with E-state index in [0.717, 1.165) is 12.1 Å². The molecule has 0 saturated carbocycles. The number of benzene rings is 1. The standard InChI is InChI=1S/C14H17F3N2O3/c1-3-22-13(21)18-12(20)9-19(2)8-10-4-6-11(7-5-10)14(15,16)17/h4-7H,3,8-9H2,1-2H3,(H,18,20,21). The highest BCUT2D eigenvalue weighted by Gasteiger charge is 2.29. The molecule has 1 aromatic carbocycles. The quantitative estimate of drug-likeness (QED) is 0.906. The molecule has 5 nitrogen and oxygen atoms in total. The Balaban J connectivity index is 2.49. The Morgan fingerprint density at radius 1 is 1.23 bits per heavy atom. The van der Waals surface area contributed by atoms with Crippen LogP contribution in [0, 0.1) is 0 Å². The number of alkyl halides is 3. The van der Waals surface area contributed by atoms with E-state index in [1.54, 1.807) is 18.9 Å². The van der Waals surface area contributed by atoms with Crippen LogP contribution in [0.4, 0.5) is 18.0 Å². The molecule has 2 amide bonds. The number of likely N-dealkylation sites (N-methyl/N-ethyl adjacent to an activating group) is 1. The molecule has 22 heavy (non-hydrogen) atoms. The van der Waals surface area contributed by atoms with E-state index >= 15 is 0 Å². The van der Waals surface area contributed by atoms with Gasteiger partial charge in [-0.05, 0) is 31.7 Å². The Hall–Kier alpha value is -2.09. The van der Waals surface area contributed by atoms with Gasteiger partial charge in [0.15, 0.2) is 0 Å². The lowest BCUT2D eigenvalue weighted by atomic mass is 10.1. The van der Waals surface area contributed by atoms with Crippen LogP contribution in [0.25, 0.3) is 0 Å². The third kappa shape index (κ3) is 6.13. The van der Waals surface area contributed by atoms with E-state index in [1.807, 2.05) is 5.32 Å². The SMILES string of the molecule is CCOC(=O)NC(=O)CN(C)Cc1ccc(C(F)(F)F)cc1. The molecule has 0 aliphatic rings. The normalized spacial score (nSPS) is 11.4. The topological polar surface area (TPSA) is 58.6 Å². The minimum absolute atomic E-state index is 0.0835. The van der Waals surface area contributed by atoms with Gasteiger partial charge in [0, 0.05) is 6.54 Å². The second kappa shape index (κ2) is 7.79. The van der Waals surface area contributed by atoms with Gasteiger partial charge < -0.3 is 4.74 Å². The number of amides is 2. The highest BCUT2D eigenvalue weighted by atomic mass is 19.4. The number of hydrogen-bond acceptors (Lipinski definition) is 4. The first-order chi connectivity index (χ1) is 10.2. The van der Waals surface area contributed by atoms with Gasteiger partial charge >= 0.3 is 12.3 Å². The van der Waals surface area contributed by atoms with Crippen LogP contribution in [-0.2, 0) is 22.3 Å². The highest BCUT2D eigenvalue weighted by molar-refractivity contribution is 5.92. The van der Waals surface area contributed by atoms with Gasteiger partial charge in [-0.15, -0.1) is 0 Å². The van der Waals surface area contributed by atoms with Crippen molar-refractivity contribution in [3.63, 3.8) is 0 Å². The van der Waals surface area contributed by atoms with Gasteiger partial charge in [0.2, 0.25) is 5.91 Å². The Morgan fingerprint density at radius 2 is 1.82 bits per heavy atom. The lowest BCUT2D eigenvalue weighted by Crippen LogP contribution is -2.38. The zero-order valence-corrected chi connectivity index (χ0v) is 12.2. The maximum atomic E-state index is 12.4. The number of carbonyl (C=O) groups excluding carboxylic acids is 2. The van der Waals surface area contributed by atoms with Crippen molar-refractivity contribution in [3.8, 4) is 0 Å². The van der Waals surface area contributed by atoms with E-state index in [2.05, 4.69) is 4.74 Å². The molecule has 0 spiro atoms. The van der Waals surface area contributed by atoms with E-state index in [4.69, 9.17) is 0 Å². The van der Waals surface area contributed by atoms with Crippen LogP contribution in [0.5, 0.6) is 0 Å². The van der Waals surface area contributed by atoms with Gasteiger partial charge in [-0.3, -0.25) is 15.0 Å². The summed E-state index contributed by atoms with van der Waals surface area (Å²) in [5.74, 6) is -0.548. The Morgan fingerprint density at radius 3 is 2.32 bits per heavy atom. The van der Waals surface area contributed by atoms with Crippen molar-refractivity contribution in [2.24, 2.45) is 0 Å². The molecule has 0 aliphatic carbocycles. The molecule has 1 N–H and O–H groups in total. The zero-order chi connectivity index (χ0) is 16.8. The lowest BCUT2D eigenvalue weighted by Gasteiger charge is -2.16. The van der Waals surface area contributed by atoms with Crippen molar-refractivity contribution in [3.05, 3.63) is 35.4 Å². The Labute approximate surface area is 126 Å². The molecule has 1 rings (SSSR count). The number of halogens is 3. The number of nitrogens with one attached hydrogen (secondary N) is 1. The van der Waals surface area contributed by atoms with Crippen LogP contribution in [0.2, 0.25) is 0 Å². The molecule has 0 aromatic heterocycles. The minimum Gasteiger partial charge on any atom is -0.450 e. The first kappa shape index (κ1) is 18.0. The van der Waals surface area contributed by atoms with Crippen molar-refractivity contribution in [2.75, 3.05) is 20.2 Å². The lowest BCUT2D eigenvalue weighted by molar-refractivity contribution is -0.137. The van der Waals surface area contributed by atoms with Gasteiger partial charge in [0.05, 0.1) is 18.7 Å². The summed E-state index contributed by atoms with van der Waals surface area (Å²) < 4.78 is 41.9. The first-order valence-corrected chi connectivity index (χ1v) is 6.53. The number of ether oxygens (including phenoxy) is 1. The molecular weight excluding hydrogens is 301 g/mol. The fourth-order valence-electron chi connectivity index (χ4n) is 1.73. The second-order valence-electron chi connectivity index (χ2n) is 4.64. The molecule has 0 atom stereocenters. The molecule has 1 aromatic rings. The Bertz CT molecular complexity index is 515. The van der Waals surface area contributed by atoms with Crippen molar-refractivity contribution < 1.29 is 27.5 Å². The van der Waals surface area contributed by atoms with Crippen molar-refractivity contribution in [2.45, 2.75) is 19.6 Å². The molecule has 122 valence electrons. The van der Waals surface area contributed by atoms with Crippen LogP contribution in [-0.4, -0.2) is 37.1 Å². The highest BCUT2D eigenvalue weighted by Crippen LogP contribution is 2.29. The number of alkyl carbamates (subject to hydrolysis) is 1. The Kier molecular flexibility index (Phi) is 6.36. The van der Waals surface area contributed by atoms with Gasteiger partial charge in [-0.1, -0.05) is 12.1 Å². The predicted molar refractivity (Wildman–Crippen MR) is 72.9 cm³/mol. The molecule has 0 bridgehead atoms. The minimum atomic E-state index is -4.37. The number of hydrogen-bond donors (Lipinski definition) is 1. The zero-order valence-electron chi connectivity index (χ0n) is 12.2. The molecule has 0 unspecified atom stereocenters. The van der Waals surface area contributed by atoms with Gasteiger partial charge in [-0.2, -0.15) is 13.2 Å². The third-order valence-electron chi connectivity index (χ3n) is 2.66. The number of imide groups is 1. The van der Waals surface area contributed by atoms with Crippen LogP contribution in [0.3, 0.4) is 0 Å². The summed E-state index contributed by atoms with van der Waals surface area (Å²) in [6.07, 6.45) is -5.19. The number of carbonyl (C=O) groups is 2. The molecular formula is C14H17F3N2O3. The van der Waals surface area contributed by atoms with Crippen LogP contribution in [0.15, 0.2) is 24.3 Å². The fourth-order valence-corrected chi connectivity index (χ4v) is 1.73. The van der Waals surface area contributed by atoms with Crippen molar-refractivity contribution in [1.29, 1.82) is 0 Å². The third-order valence-corrected chi connectivity index (χ3v) is 2.66. The summed E-state index contributed by atoms with van der Waals surface area (Å²) in [5, 5.41) is 2.04.